The molecule has 9 nitrogen and oxygen atoms in total. The second-order valence-corrected chi connectivity index (χ2v) is 9.33. The Hall–Kier alpha value is -3.43. The lowest BCUT2D eigenvalue weighted by atomic mass is 10.0. The van der Waals surface area contributed by atoms with E-state index in [9.17, 15) is 14.4 Å². The number of morpholine rings is 1. The number of primary amides is 1. The van der Waals surface area contributed by atoms with Crippen LogP contribution in [0.15, 0.2) is 54.6 Å². The van der Waals surface area contributed by atoms with Crippen molar-refractivity contribution in [2.75, 3.05) is 39.4 Å². The first-order chi connectivity index (χ1) is 17.9. The van der Waals surface area contributed by atoms with Crippen LogP contribution in [0.5, 0.6) is 5.75 Å². The zero-order valence-corrected chi connectivity index (χ0v) is 21.5. The summed E-state index contributed by atoms with van der Waals surface area (Å²) in [5.74, 6) is -0.656. The highest BCUT2D eigenvalue weighted by Gasteiger charge is 2.22. The van der Waals surface area contributed by atoms with E-state index in [1.54, 1.807) is 6.92 Å². The quantitative estimate of drug-likeness (QED) is 0.355. The molecule has 0 aromatic heterocycles. The molecule has 1 heterocycles. The lowest BCUT2D eigenvalue weighted by molar-refractivity contribution is -0.129. The summed E-state index contributed by atoms with van der Waals surface area (Å²) in [4.78, 5) is 39.1. The van der Waals surface area contributed by atoms with Crippen molar-refractivity contribution in [3.63, 3.8) is 0 Å². The Morgan fingerprint density at radius 1 is 1.03 bits per heavy atom. The normalized spacial score (nSPS) is 15.4. The topological polar surface area (TPSA) is 123 Å². The van der Waals surface area contributed by atoms with Gasteiger partial charge < -0.3 is 25.8 Å². The van der Waals surface area contributed by atoms with E-state index < -0.39 is 17.9 Å². The number of benzene rings is 2. The van der Waals surface area contributed by atoms with Crippen molar-refractivity contribution in [2.24, 2.45) is 11.7 Å². The van der Waals surface area contributed by atoms with Crippen LogP contribution in [0.4, 0.5) is 0 Å². The van der Waals surface area contributed by atoms with E-state index in [0.717, 1.165) is 36.5 Å². The molecule has 37 heavy (non-hydrogen) atoms. The molecule has 200 valence electrons. The van der Waals surface area contributed by atoms with Gasteiger partial charge in [-0.15, -0.1) is 0 Å². The van der Waals surface area contributed by atoms with Crippen molar-refractivity contribution in [3.05, 3.63) is 65.7 Å². The number of hydrogen-bond donors (Lipinski definition) is 3. The summed E-state index contributed by atoms with van der Waals surface area (Å²) in [6, 6.07) is 16.7. The average Bonchev–Trinajstić information content (AvgIpc) is 2.92. The van der Waals surface area contributed by atoms with Crippen LogP contribution in [-0.4, -0.2) is 68.1 Å². The van der Waals surface area contributed by atoms with Crippen LogP contribution in [0.25, 0.3) is 0 Å². The van der Waals surface area contributed by atoms with Crippen LogP contribution in [0.2, 0.25) is 0 Å². The molecule has 9 heteroatoms. The Balaban J connectivity index is 1.56. The second kappa shape index (κ2) is 15.0. The molecule has 4 N–H and O–H groups in total. The van der Waals surface area contributed by atoms with Gasteiger partial charge in [0.25, 0.3) is 0 Å². The van der Waals surface area contributed by atoms with Gasteiger partial charge in [-0.1, -0.05) is 49.4 Å². The number of nitrogens with two attached hydrogens (primary N) is 1. The first-order valence-electron chi connectivity index (χ1n) is 12.8. The third-order valence-corrected chi connectivity index (χ3v) is 6.38. The minimum absolute atomic E-state index is 0.119. The molecule has 2 atom stereocenters. The van der Waals surface area contributed by atoms with Crippen molar-refractivity contribution in [2.45, 2.75) is 38.8 Å². The fourth-order valence-electron chi connectivity index (χ4n) is 3.95. The highest BCUT2D eigenvalue weighted by atomic mass is 16.5. The minimum atomic E-state index is -0.739. The lowest BCUT2D eigenvalue weighted by Crippen LogP contribution is -2.50. The predicted molar refractivity (Wildman–Crippen MR) is 141 cm³/mol. The van der Waals surface area contributed by atoms with Crippen LogP contribution in [0.1, 0.15) is 30.9 Å². The molecule has 3 rings (SSSR count). The highest BCUT2D eigenvalue weighted by Crippen LogP contribution is 2.16. The molecule has 0 spiro atoms. The molecule has 1 aliphatic heterocycles. The summed E-state index contributed by atoms with van der Waals surface area (Å²) in [6.07, 6.45) is 0.785. The molecular weight excluding hydrogens is 472 g/mol. The van der Waals surface area contributed by atoms with E-state index in [0.29, 0.717) is 39.2 Å². The maximum absolute atomic E-state index is 13.0. The number of amides is 3. The molecule has 1 fully saturated rings. The predicted octanol–water partition coefficient (Wildman–Crippen LogP) is 1.64. The fraction of sp³-hybridized carbons (Fsp3) is 0.464. The Kier molecular flexibility index (Phi) is 11.4. The molecular formula is C28H38N4O5. The van der Waals surface area contributed by atoms with Gasteiger partial charge in [-0.25, -0.2) is 0 Å². The van der Waals surface area contributed by atoms with Gasteiger partial charge >= 0.3 is 0 Å². The van der Waals surface area contributed by atoms with Crippen molar-refractivity contribution >= 4 is 17.7 Å². The number of nitrogens with zero attached hydrogens (tertiary/aromatic N) is 1. The summed E-state index contributed by atoms with van der Waals surface area (Å²) in [5, 5.41) is 5.80. The zero-order chi connectivity index (χ0) is 26.5. The SMILES string of the molecule is CC(CCC(=O)NC(Cc1ccc(OCc2ccccc2)cc1)C(=O)NCCN1CCOCC1)C(N)=O. The Bertz CT molecular complexity index is 993. The number of rotatable bonds is 14. The fourth-order valence-corrected chi connectivity index (χ4v) is 3.95. The number of hydrogen-bond acceptors (Lipinski definition) is 6. The molecule has 0 aliphatic carbocycles. The van der Waals surface area contributed by atoms with E-state index >= 15 is 0 Å². The smallest absolute Gasteiger partial charge is 0.242 e. The molecule has 2 unspecified atom stereocenters. The van der Waals surface area contributed by atoms with Crippen molar-refractivity contribution in [1.29, 1.82) is 0 Å². The molecule has 0 radical (unpaired) electrons. The van der Waals surface area contributed by atoms with Gasteiger partial charge in [-0.05, 0) is 29.7 Å². The monoisotopic (exact) mass is 510 g/mol. The number of ether oxygens (including phenoxy) is 2. The number of nitrogens with one attached hydrogen (secondary N) is 2. The van der Waals surface area contributed by atoms with Gasteiger partial charge in [0.2, 0.25) is 17.7 Å². The van der Waals surface area contributed by atoms with Gasteiger partial charge in [0.15, 0.2) is 0 Å². The van der Waals surface area contributed by atoms with E-state index in [1.807, 2.05) is 54.6 Å². The second-order valence-electron chi connectivity index (χ2n) is 9.33. The number of carbonyl (C=O) groups is 3. The standard InChI is InChI=1S/C28H38N4O5/c1-21(27(29)34)7-12-26(33)31-25(28(35)30-13-14-32-15-17-36-18-16-32)19-22-8-10-24(11-9-22)37-20-23-5-3-2-4-6-23/h2-6,8-11,21,25H,7,12-20H2,1H3,(H2,29,34)(H,30,35)(H,31,33). The van der Waals surface area contributed by atoms with Crippen LogP contribution >= 0.6 is 0 Å². The number of carbonyl (C=O) groups excluding carboxylic acids is 3. The minimum Gasteiger partial charge on any atom is -0.489 e. The van der Waals surface area contributed by atoms with Crippen molar-refractivity contribution in [1.82, 2.24) is 15.5 Å². The molecule has 0 saturated carbocycles. The van der Waals surface area contributed by atoms with Crippen molar-refractivity contribution < 1.29 is 23.9 Å². The van der Waals surface area contributed by atoms with Gasteiger partial charge in [-0.3, -0.25) is 19.3 Å². The molecule has 1 aliphatic rings. The van der Waals surface area contributed by atoms with Crippen LogP contribution in [0.3, 0.4) is 0 Å². The van der Waals surface area contributed by atoms with Crippen LogP contribution < -0.4 is 21.1 Å². The third kappa shape index (κ3) is 10.2. The summed E-state index contributed by atoms with van der Waals surface area (Å²) in [6.45, 7) is 6.43. The summed E-state index contributed by atoms with van der Waals surface area (Å²) in [5.41, 5.74) is 7.27. The Morgan fingerprint density at radius 2 is 1.73 bits per heavy atom. The maximum atomic E-state index is 13.0. The van der Waals surface area contributed by atoms with E-state index in [4.69, 9.17) is 15.2 Å². The van der Waals surface area contributed by atoms with Crippen LogP contribution in [0, 0.1) is 5.92 Å². The Morgan fingerprint density at radius 3 is 2.41 bits per heavy atom. The largest absolute Gasteiger partial charge is 0.489 e. The van der Waals surface area contributed by atoms with Crippen LogP contribution in [-0.2, 0) is 32.1 Å². The average molecular weight is 511 g/mol. The van der Waals surface area contributed by atoms with E-state index in [2.05, 4.69) is 15.5 Å². The first kappa shape index (κ1) is 28.1. The summed E-state index contributed by atoms with van der Waals surface area (Å²) in [7, 11) is 0. The highest BCUT2D eigenvalue weighted by molar-refractivity contribution is 5.88. The van der Waals surface area contributed by atoms with Gasteiger partial charge in [0.05, 0.1) is 13.2 Å². The molecule has 2 aromatic carbocycles. The van der Waals surface area contributed by atoms with Gasteiger partial charge in [0, 0.05) is 44.9 Å². The third-order valence-electron chi connectivity index (χ3n) is 6.38. The lowest BCUT2D eigenvalue weighted by Gasteiger charge is -2.27. The molecule has 1 saturated heterocycles. The maximum Gasteiger partial charge on any atom is 0.242 e. The first-order valence-corrected chi connectivity index (χ1v) is 12.8. The molecule has 2 aromatic rings. The van der Waals surface area contributed by atoms with Gasteiger partial charge in [0.1, 0.15) is 18.4 Å². The van der Waals surface area contributed by atoms with Crippen molar-refractivity contribution in [3.8, 4) is 5.75 Å². The summed E-state index contributed by atoms with van der Waals surface area (Å²) < 4.78 is 11.2. The summed E-state index contributed by atoms with van der Waals surface area (Å²) >= 11 is 0. The zero-order valence-electron chi connectivity index (χ0n) is 21.5. The molecule has 3 amide bonds. The van der Waals surface area contributed by atoms with E-state index in [1.165, 1.54) is 0 Å². The molecule has 0 bridgehead atoms. The van der Waals surface area contributed by atoms with E-state index in [-0.39, 0.29) is 18.2 Å². The Labute approximate surface area is 218 Å². The van der Waals surface area contributed by atoms with Gasteiger partial charge in [-0.2, -0.15) is 0 Å².